The summed E-state index contributed by atoms with van der Waals surface area (Å²) >= 11 is 6.59. The Labute approximate surface area is 276 Å². The number of amides is 3. The normalized spacial score (nSPS) is 26.1. The number of anilines is 2. The Bertz CT molecular complexity index is 1470. The Morgan fingerprint density at radius 2 is 1.74 bits per heavy atom. The first-order chi connectivity index (χ1) is 22.2. The molecule has 10 heteroatoms. The van der Waals surface area contributed by atoms with E-state index < -0.39 is 29.1 Å². The van der Waals surface area contributed by atoms with Crippen LogP contribution in [0.5, 0.6) is 5.75 Å². The molecule has 3 heterocycles. The number of likely N-dealkylation sites (tertiary alicyclic amines) is 1. The van der Waals surface area contributed by atoms with Crippen LogP contribution in [0.25, 0.3) is 0 Å². The molecule has 5 atom stereocenters. The summed E-state index contributed by atoms with van der Waals surface area (Å²) in [6.07, 6.45) is 5.76. The van der Waals surface area contributed by atoms with E-state index in [0.717, 1.165) is 0 Å². The van der Waals surface area contributed by atoms with Gasteiger partial charge in [0, 0.05) is 31.9 Å². The maximum absolute atomic E-state index is 14.8. The molecule has 246 valence electrons. The van der Waals surface area contributed by atoms with Crippen molar-refractivity contribution in [1.82, 2.24) is 4.90 Å². The van der Waals surface area contributed by atoms with Gasteiger partial charge in [-0.05, 0) is 75.4 Å². The van der Waals surface area contributed by atoms with Crippen molar-refractivity contribution < 1.29 is 29.0 Å². The van der Waals surface area contributed by atoms with Crippen LogP contribution in [-0.4, -0.2) is 77.8 Å². The topological polar surface area (TPSA) is 99.6 Å². The molecule has 3 amide bonds. The molecule has 9 nitrogen and oxygen atoms in total. The number of para-hydroxylation sites is 1. The standard InChI is InChI=1S/C36H44ClN3O6/c1-5-21-38(25-15-17-26(18-16-25)45-8-4)32(42)29-30-33(43)40(23-11-12-24-41)31(36(30)20-19-35(29,7-3)46-36)34(44)39(22-6-2)28-14-10-9-13-27(28)37/h5-6,9-10,13-18,29-31,41H,1-2,7-8,11-12,19-24H2,3-4H3/t29-,30-,31?,35+,36?/m0/s1. The van der Waals surface area contributed by atoms with E-state index in [9.17, 15) is 19.5 Å². The molecule has 0 saturated carbocycles. The summed E-state index contributed by atoms with van der Waals surface area (Å²) < 4.78 is 12.6. The molecule has 0 aliphatic carbocycles. The first-order valence-corrected chi connectivity index (χ1v) is 16.5. The van der Waals surface area contributed by atoms with E-state index in [1.54, 1.807) is 51.1 Å². The number of hydrogen-bond acceptors (Lipinski definition) is 6. The minimum Gasteiger partial charge on any atom is -0.494 e. The highest BCUT2D eigenvalue weighted by Crippen LogP contribution is 2.65. The minimum absolute atomic E-state index is 0.0351. The molecule has 0 aromatic heterocycles. The van der Waals surface area contributed by atoms with Gasteiger partial charge in [0.15, 0.2) is 0 Å². The number of rotatable bonds is 15. The second kappa shape index (κ2) is 14.0. The van der Waals surface area contributed by atoms with Gasteiger partial charge in [0.1, 0.15) is 17.4 Å². The van der Waals surface area contributed by atoms with Crippen LogP contribution in [0.3, 0.4) is 0 Å². The molecule has 2 aromatic rings. The second-order valence-electron chi connectivity index (χ2n) is 12.1. The molecular formula is C36H44ClN3O6. The number of carbonyl (C=O) groups excluding carboxylic acids is 3. The van der Waals surface area contributed by atoms with Crippen molar-refractivity contribution in [1.29, 1.82) is 0 Å². The number of halogens is 1. The molecule has 3 saturated heterocycles. The molecule has 1 spiro atoms. The van der Waals surface area contributed by atoms with Crippen molar-refractivity contribution in [2.45, 2.75) is 63.2 Å². The maximum atomic E-state index is 14.8. The molecule has 5 rings (SSSR count). The molecule has 0 radical (unpaired) electrons. The van der Waals surface area contributed by atoms with E-state index in [-0.39, 0.29) is 44.0 Å². The van der Waals surface area contributed by atoms with Crippen LogP contribution in [0.1, 0.15) is 46.0 Å². The van der Waals surface area contributed by atoms with Crippen LogP contribution in [0.15, 0.2) is 73.8 Å². The lowest BCUT2D eigenvalue weighted by molar-refractivity contribution is -0.146. The van der Waals surface area contributed by atoms with Gasteiger partial charge in [-0.25, -0.2) is 0 Å². The molecule has 46 heavy (non-hydrogen) atoms. The van der Waals surface area contributed by atoms with Crippen LogP contribution < -0.4 is 14.5 Å². The average Bonchev–Trinajstić information content (AvgIpc) is 3.66. The zero-order chi connectivity index (χ0) is 33.1. The summed E-state index contributed by atoms with van der Waals surface area (Å²) in [5, 5.41) is 9.93. The van der Waals surface area contributed by atoms with Gasteiger partial charge in [-0.15, -0.1) is 13.2 Å². The van der Waals surface area contributed by atoms with Gasteiger partial charge < -0.3 is 29.3 Å². The van der Waals surface area contributed by atoms with Gasteiger partial charge in [-0.3, -0.25) is 14.4 Å². The summed E-state index contributed by atoms with van der Waals surface area (Å²) in [5.74, 6) is -1.81. The highest BCUT2D eigenvalue weighted by Gasteiger charge is 2.79. The van der Waals surface area contributed by atoms with Crippen molar-refractivity contribution in [2.24, 2.45) is 11.8 Å². The van der Waals surface area contributed by atoms with Crippen LogP contribution in [0.4, 0.5) is 11.4 Å². The van der Waals surface area contributed by atoms with E-state index in [1.807, 2.05) is 38.1 Å². The highest BCUT2D eigenvalue weighted by atomic mass is 35.5. The van der Waals surface area contributed by atoms with Gasteiger partial charge >= 0.3 is 0 Å². The Hall–Kier alpha value is -3.66. The van der Waals surface area contributed by atoms with Crippen molar-refractivity contribution in [3.05, 3.63) is 78.9 Å². The zero-order valence-corrected chi connectivity index (χ0v) is 27.5. The highest BCUT2D eigenvalue weighted by molar-refractivity contribution is 6.34. The first-order valence-electron chi connectivity index (χ1n) is 16.2. The van der Waals surface area contributed by atoms with Gasteiger partial charge in [-0.1, -0.05) is 42.8 Å². The van der Waals surface area contributed by atoms with Crippen molar-refractivity contribution >= 4 is 40.7 Å². The van der Waals surface area contributed by atoms with Crippen molar-refractivity contribution in [3.63, 3.8) is 0 Å². The summed E-state index contributed by atoms with van der Waals surface area (Å²) in [4.78, 5) is 49.0. The fraction of sp³-hybridized carbons (Fsp3) is 0.472. The van der Waals surface area contributed by atoms with Crippen LogP contribution >= 0.6 is 11.6 Å². The van der Waals surface area contributed by atoms with Gasteiger partial charge in [0.2, 0.25) is 11.8 Å². The van der Waals surface area contributed by atoms with Crippen LogP contribution in [0, 0.1) is 11.8 Å². The number of fused-ring (bicyclic) bond motifs is 1. The number of aliphatic hydroxyl groups is 1. The smallest absolute Gasteiger partial charge is 0.253 e. The largest absolute Gasteiger partial charge is 0.494 e. The number of nitrogens with zero attached hydrogens (tertiary/aromatic N) is 3. The monoisotopic (exact) mass is 649 g/mol. The summed E-state index contributed by atoms with van der Waals surface area (Å²) in [5.41, 5.74) is -0.950. The third-order valence-electron chi connectivity index (χ3n) is 9.75. The number of hydrogen-bond donors (Lipinski definition) is 1. The molecule has 2 unspecified atom stereocenters. The van der Waals surface area contributed by atoms with E-state index in [4.69, 9.17) is 21.1 Å². The third kappa shape index (κ3) is 5.63. The Kier molecular flexibility index (Phi) is 10.2. The summed E-state index contributed by atoms with van der Waals surface area (Å²) in [6, 6.07) is 13.4. The number of carbonyl (C=O) groups is 3. The molecule has 3 aliphatic rings. The maximum Gasteiger partial charge on any atom is 0.253 e. The quantitative estimate of drug-likeness (QED) is 0.205. The predicted octanol–water partition coefficient (Wildman–Crippen LogP) is 5.40. The van der Waals surface area contributed by atoms with E-state index in [1.165, 1.54) is 0 Å². The fourth-order valence-electron chi connectivity index (χ4n) is 7.77. The number of ether oxygens (including phenoxy) is 2. The zero-order valence-electron chi connectivity index (χ0n) is 26.7. The van der Waals surface area contributed by atoms with Gasteiger partial charge in [0.05, 0.1) is 34.8 Å². The van der Waals surface area contributed by atoms with E-state index in [2.05, 4.69) is 13.2 Å². The molecule has 2 aromatic carbocycles. The first kappa shape index (κ1) is 33.7. The lowest BCUT2D eigenvalue weighted by Crippen LogP contribution is -2.56. The third-order valence-corrected chi connectivity index (χ3v) is 10.1. The molecular weight excluding hydrogens is 606 g/mol. The van der Waals surface area contributed by atoms with E-state index in [0.29, 0.717) is 60.9 Å². The molecule has 3 aliphatic heterocycles. The van der Waals surface area contributed by atoms with Crippen molar-refractivity contribution in [3.8, 4) is 5.75 Å². The number of unbranched alkanes of at least 4 members (excludes halogenated alkanes) is 1. The number of aliphatic hydroxyl groups excluding tert-OH is 1. The predicted molar refractivity (Wildman–Crippen MR) is 179 cm³/mol. The second-order valence-corrected chi connectivity index (χ2v) is 12.6. The van der Waals surface area contributed by atoms with Crippen LogP contribution in [-0.2, 0) is 19.1 Å². The van der Waals surface area contributed by atoms with Crippen LogP contribution in [0.2, 0.25) is 5.02 Å². The lowest BCUT2D eigenvalue weighted by atomic mass is 9.64. The Balaban J connectivity index is 1.59. The minimum atomic E-state index is -1.21. The SMILES string of the molecule is C=CCN(C(=O)[C@@H]1[C@H]2C(=O)N(CCCCO)C(C(=O)N(CC=C)c3ccccc3Cl)C23CC[C@@]1(CC)O3)c1ccc(OCC)cc1. The molecule has 1 N–H and O–H groups in total. The Morgan fingerprint density at radius 3 is 2.37 bits per heavy atom. The summed E-state index contributed by atoms with van der Waals surface area (Å²) in [7, 11) is 0. The van der Waals surface area contributed by atoms with Gasteiger partial charge in [-0.2, -0.15) is 0 Å². The summed E-state index contributed by atoms with van der Waals surface area (Å²) in [6.45, 7) is 12.8. The fourth-order valence-corrected chi connectivity index (χ4v) is 8.01. The molecule has 2 bridgehead atoms. The van der Waals surface area contributed by atoms with Gasteiger partial charge in [0.25, 0.3) is 5.91 Å². The lowest BCUT2D eigenvalue weighted by Gasteiger charge is -2.37. The number of benzene rings is 2. The van der Waals surface area contributed by atoms with E-state index >= 15 is 0 Å². The van der Waals surface area contributed by atoms with Crippen molar-refractivity contribution in [2.75, 3.05) is 42.6 Å². The Morgan fingerprint density at radius 1 is 1.04 bits per heavy atom. The molecule has 3 fully saturated rings. The average molecular weight is 650 g/mol.